The third-order valence-electron chi connectivity index (χ3n) is 4.19. The predicted molar refractivity (Wildman–Crippen MR) is 115 cm³/mol. The fraction of sp³-hybridized carbons (Fsp3) is 0.143. The normalized spacial score (nSPS) is 11.1. The van der Waals surface area contributed by atoms with Gasteiger partial charge in [-0.3, -0.25) is 9.97 Å². The summed E-state index contributed by atoms with van der Waals surface area (Å²) in [5.74, 6) is 0. The molecule has 0 amide bonds. The molecule has 3 heterocycles. The molecule has 0 radical (unpaired) electrons. The van der Waals surface area contributed by atoms with Gasteiger partial charge in [-0.2, -0.15) is 13.2 Å². The lowest BCUT2D eigenvalue weighted by atomic mass is 10.1. The summed E-state index contributed by atoms with van der Waals surface area (Å²) in [7, 11) is 1.86. The molecule has 3 N–H and O–H groups in total. The van der Waals surface area contributed by atoms with Crippen LogP contribution in [0, 0.1) is 0 Å². The van der Waals surface area contributed by atoms with Crippen molar-refractivity contribution in [3.05, 3.63) is 78.5 Å². The molecule has 0 aliphatic heterocycles. The standard InChI is InChI=1S/C16H15F3N4.C5H5NS/c1-20-7-10-8-22-15-6-11(2-3-12(10)15)23-14-4-5-21-9-13(14)16(17,18)19;7-5-2-1-3-6-4-5/h2-6,8-9,20,22H,7H2,1H3,(H,21,23);1-4,7H. The molecule has 0 saturated carbocycles. The van der Waals surface area contributed by atoms with Crippen molar-refractivity contribution in [2.24, 2.45) is 0 Å². The Labute approximate surface area is 177 Å². The largest absolute Gasteiger partial charge is 0.419 e. The van der Waals surface area contributed by atoms with Gasteiger partial charge in [0.15, 0.2) is 0 Å². The number of aromatic amines is 1. The van der Waals surface area contributed by atoms with Gasteiger partial charge in [0.05, 0.1) is 11.3 Å². The van der Waals surface area contributed by atoms with E-state index in [1.165, 1.54) is 12.3 Å². The Balaban J connectivity index is 0.000000310. The van der Waals surface area contributed by atoms with Crippen molar-refractivity contribution in [1.82, 2.24) is 20.3 Å². The van der Waals surface area contributed by atoms with E-state index < -0.39 is 11.7 Å². The van der Waals surface area contributed by atoms with Crippen molar-refractivity contribution in [3.8, 4) is 0 Å². The van der Waals surface area contributed by atoms with E-state index >= 15 is 0 Å². The van der Waals surface area contributed by atoms with Crippen LogP contribution in [0.2, 0.25) is 0 Å². The van der Waals surface area contributed by atoms with E-state index in [1.54, 1.807) is 24.5 Å². The average Bonchev–Trinajstić information content (AvgIpc) is 3.11. The number of H-pyrrole nitrogens is 1. The zero-order valence-electron chi connectivity index (χ0n) is 16.0. The molecule has 9 heteroatoms. The first-order valence-corrected chi connectivity index (χ1v) is 9.45. The number of hydrogen-bond donors (Lipinski definition) is 4. The summed E-state index contributed by atoms with van der Waals surface area (Å²) in [4.78, 5) is 11.4. The molecule has 0 atom stereocenters. The molecule has 4 aromatic rings. The zero-order chi connectivity index (χ0) is 21.6. The van der Waals surface area contributed by atoms with Gasteiger partial charge in [-0.05, 0) is 42.9 Å². The third-order valence-corrected chi connectivity index (χ3v) is 4.45. The molecule has 30 heavy (non-hydrogen) atoms. The maximum absolute atomic E-state index is 13.0. The molecular weight excluding hydrogens is 411 g/mol. The van der Waals surface area contributed by atoms with Gasteiger partial charge in [-0.1, -0.05) is 6.07 Å². The highest BCUT2D eigenvalue weighted by Crippen LogP contribution is 2.35. The zero-order valence-corrected chi connectivity index (χ0v) is 16.9. The summed E-state index contributed by atoms with van der Waals surface area (Å²) in [5, 5.41) is 6.93. The molecule has 1 aromatic carbocycles. The maximum atomic E-state index is 13.0. The van der Waals surface area contributed by atoms with Gasteiger partial charge in [0.2, 0.25) is 0 Å². The Morgan fingerprint density at radius 2 is 1.87 bits per heavy atom. The Bertz CT molecular complexity index is 1100. The summed E-state index contributed by atoms with van der Waals surface area (Å²) in [6, 6.07) is 10.5. The minimum atomic E-state index is -4.45. The maximum Gasteiger partial charge on any atom is 0.419 e. The van der Waals surface area contributed by atoms with Crippen molar-refractivity contribution in [2.45, 2.75) is 17.6 Å². The summed E-state index contributed by atoms with van der Waals surface area (Å²) < 4.78 is 39.0. The SMILES string of the molecule is CNCc1c[nH]c2cc(Nc3ccncc3C(F)(F)F)ccc12.Sc1cccnc1. The van der Waals surface area contributed by atoms with E-state index in [4.69, 9.17) is 0 Å². The Kier molecular flexibility index (Phi) is 6.96. The number of pyridine rings is 2. The number of anilines is 2. The van der Waals surface area contributed by atoms with E-state index in [0.717, 1.165) is 34.1 Å². The lowest BCUT2D eigenvalue weighted by Crippen LogP contribution is -2.09. The Morgan fingerprint density at radius 1 is 1.07 bits per heavy atom. The first kappa shape index (κ1) is 21.7. The highest BCUT2D eigenvalue weighted by atomic mass is 32.1. The predicted octanol–water partition coefficient (Wildman–Crippen LogP) is 5.42. The molecule has 0 fully saturated rings. The second-order valence-electron chi connectivity index (χ2n) is 6.36. The van der Waals surface area contributed by atoms with Crippen LogP contribution in [0.4, 0.5) is 24.5 Å². The number of aromatic nitrogens is 3. The summed E-state index contributed by atoms with van der Waals surface area (Å²) in [5.41, 5.74) is 1.74. The first-order chi connectivity index (χ1) is 14.4. The van der Waals surface area contributed by atoms with Gasteiger partial charge in [0.1, 0.15) is 0 Å². The number of hydrogen-bond acceptors (Lipinski definition) is 5. The summed E-state index contributed by atoms with van der Waals surface area (Å²) in [6.07, 6.45) is 3.00. The number of halogens is 3. The van der Waals surface area contributed by atoms with Crippen molar-refractivity contribution in [1.29, 1.82) is 0 Å². The highest BCUT2D eigenvalue weighted by Gasteiger charge is 2.33. The van der Waals surface area contributed by atoms with Gasteiger partial charge >= 0.3 is 6.18 Å². The monoisotopic (exact) mass is 431 g/mol. The van der Waals surface area contributed by atoms with Crippen LogP contribution in [0.5, 0.6) is 0 Å². The molecule has 0 aliphatic rings. The van der Waals surface area contributed by atoms with Gasteiger partial charge in [0.25, 0.3) is 0 Å². The molecule has 4 rings (SSSR count). The fourth-order valence-corrected chi connectivity index (χ4v) is 2.99. The molecule has 3 aromatic heterocycles. The summed E-state index contributed by atoms with van der Waals surface area (Å²) in [6.45, 7) is 0.718. The molecule has 0 unspecified atom stereocenters. The second kappa shape index (κ2) is 9.64. The number of nitrogens with zero attached hydrogens (tertiary/aromatic N) is 2. The van der Waals surface area contributed by atoms with Crippen molar-refractivity contribution in [3.63, 3.8) is 0 Å². The van der Waals surface area contributed by atoms with Crippen LogP contribution in [0.3, 0.4) is 0 Å². The number of benzene rings is 1. The van der Waals surface area contributed by atoms with Crippen LogP contribution < -0.4 is 10.6 Å². The van der Waals surface area contributed by atoms with Crippen LogP contribution >= 0.6 is 12.6 Å². The number of nitrogens with one attached hydrogen (secondary N) is 3. The van der Waals surface area contributed by atoms with Crippen LogP contribution in [-0.4, -0.2) is 22.0 Å². The van der Waals surface area contributed by atoms with Gasteiger partial charge < -0.3 is 15.6 Å². The van der Waals surface area contributed by atoms with E-state index in [0.29, 0.717) is 5.69 Å². The molecule has 0 bridgehead atoms. The van der Waals surface area contributed by atoms with Gasteiger partial charge in [-0.25, -0.2) is 0 Å². The minimum absolute atomic E-state index is 0.0196. The van der Waals surface area contributed by atoms with E-state index in [1.807, 2.05) is 31.4 Å². The lowest BCUT2D eigenvalue weighted by molar-refractivity contribution is -0.137. The van der Waals surface area contributed by atoms with E-state index in [2.05, 4.69) is 38.2 Å². The fourth-order valence-electron chi connectivity index (χ4n) is 2.84. The molecule has 5 nitrogen and oxygen atoms in total. The number of thiol groups is 1. The molecular formula is C21H20F3N5S. The molecule has 156 valence electrons. The van der Waals surface area contributed by atoms with Crippen LogP contribution in [-0.2, 0) is 12.7 Å². The smallest absolute Gasteiger partial charge is 0.361 e. The molecule has 0 aliphatic carbocycles. The number of fused-ring (bicyclic) bond motifs is 1. The average molecular weight is 431 g/mol. The second-order valence-corrected chi connectivity index (χ2v) is 6.88. The van der Waals surface area contributed by atoms with E-state index in [9.17, 15) is 13.2 Å². The lowest BCUT2D eigenvalue weighted by Gasteiger charge is -2.14. The van der Waals surface area contributed by atoms with Crippen LogP contribution in [0.1, 0.15) is 11.1 Å². The van der Waals surface area contributed by atoms with Crippen LogP contribution in [0.25, 0.3) is 10.9 Å². The topological polar surface area (TPSA) is 65.6 Å². The van der Waals surface area contributed by atoms with E-state index in [-0.39, 0.29) is 5.69 Å². The molecule has 0 saturated heterocycles. The number of rotatable bonds is 4. The molecule has 0 spiro atoms. The van der Waals surface area contributed by atoms with Crippen molar-refractivity contribution >= 4 is 34.9 Å². The van der Waals surface area contributed by atoms with Crippen LogP contribution in [0.15, 0.2) is 72.3 Å². The van der Waals surface area contributed by atoms with Gasteiger partial charge in [0, 0.05) is 59.0 Å². The van der Waals surface area contributed by atoms with Gasteiger partial charge in [-0.15, -0.1) is 12.6 Å². The first-order valence-electron chi connectivity index (χ1n) is 9.00. The minimum Gasteiger partial charge on any atom is -0.361 e. The van der Waals surface area contributed by atoms with Crippen molar-refractivity contribution in [2.75, 3.05) is 12.4 Å². The highest BCUT2D eigenvalue weighted by molar-refractivity contribution is 7.80. The quantitative estimate of drug-likeness (QED) is 0.326. The number of alkyl halides is 3. The van der Waals surface area contributed by atoms with Crippen molar-refractivity contribution < 1.29 is 13.2 Å². The Morgan fingerprint density at radius 3 is 2.50 bits per heavy atom. The summed E-state index contributed by atoms with van der Waals surface area (Å²) >= 11 is 4.02. The Hall–Kier alpha value is -3.04. The third kappa shape index (κ3) is 5.52.